The van der Waals surface area contributed by atoms with Gasteiger partial charge in [-0.15, -0.1) is 22.7 Å². The lowest BCUT2D eigenvalue weighted by Gasteiger charge is -2.12. The Morgan fingerprint density at radius 3 is 2.58 bits per heavy atom. The summed E-state index contributed by atoms with van der Waals surface area (Å²) in [6.45, 7) is 3.44. The molecule has 2 heterocycles. The summed E-state index contributed by atoms with van der Waals surface area (Å²) in [6.07, 6.45) is 5.46. The zero-order chi connectivity index (χ0) is 23.6. The molecule has 33 heavy (non-hydrogen) atoms. The summed E-state index contributed by atoms with van der Waals surface area (Å²) in [6, 6.07) is 14.6. The fourth-order valence-electron chi connectivity index (χ4n) is 3.98. The Labute approximate surface area is 204 Å². The SMILES string of the molecule is CC(=O)Cc1ccsc1C(=O)CCCc1cccs1.CCC(=O)NC1CCc2ccccc21. The fraction of sp³-hybridized carbons (Fsp3) is 0.370. The lowest BCUT2D eigenvalue weighted by atomic mass is 10.1. The number of thiophene rings is 2. The number of fused-ring (bicyclic) bond motifs is 1. The van der Waals surface area contributed by atoms with Crippen molar-refractivity contribution in [1.82, 2.24) is 5.32 Å². The van der Waals surface area contributed by atoms with Crippen LogP contribution in [0.1, 0.15) is 76.8 Å². The van der Waals surface area contributed by atoms with Crippen molar-refractivity contribution < 1.29 is 14.4 Å². The van der Waals surface area contributed by atoms with Crippen LogP contribution < -0.4 is 5.32 Å². The molecule has 0 radical (unpaired) electrons. The largest absolute Gasteiger partial charge is 0.349 e. The third-order valence-corrected chi connectivity index (χ3v) is 7.57. The first-order valence-corrected chi connectivity index (χ1v) is 13.2. The Hall–Kier alpha value is -2.57. The van der Waals surface area contributed by atoms with E-state index in [1.54, 1.807) is 18.3 Å². The van der Waals surface area contributed by atoms with Crippen molar-refractivity contribution in [2.75, 3.05) is 0 Å². The van der Waals surface area contributed by atoms with Crippen LogP contribution in [0.2, 0.25) is 0 Å². The van der Waals surface area contributed by atoms with E-state index >= 15 is 0 Å². The third-order valence-electron chi connectivity index (χ3n) is 5.64. The van der Waals surface area contributed by atoms with Gasteiger partial charge in [0.05, 0.1) is 10.9 Å². The maximum absolute atomic E-state index is 12.1. The van der Waals surface area contributed by atoms with Crippen LogP contribution >= 0.6 is 22.7 Å². The van der Waals surface area contributed by atoms with Gasteiger partial charge >= 0.3 is 0 Å². The Bertz CT molecular complexity index is 1070. The topological polar surface area (TPSA) is 63.2 Å². The number of rotatable bonds is 9. The molecule has 1 amide bonds. The molecule has 1 atom stereocenters. The molecule has 1 aliphatic rings. The molecule has 0 saturated heterocycles. The molecular weight excluding hydrogens is 450 g/mol. The van der Waals surface area contributed by atoms with Crippen molar-refractivity contribution in [2.24, 2.45) is 0 Å². The molecule has 0 bridgehead atoms. The average Bonchev–Trinajstić information content (AvgIpc) is 3.56. The maximum atomic E-state index is 12.1. The van der Waals surface area contributed by atoms with E-state index in [2.05, 4.69) is 35.0 Å². The van der Waals surface area contributed by atoms with E-state index in [4.69, 9.17) is 0 Å². The van der Waals surface area contributed by atoms with Crippen LogP contribution in [0.25, 0.3) is 0 Å². The molecular formula is C27H31NO3S2. The number of hydrogen-bond acceptors (Lipinski definition) is 5. The molecule has 4 nitrogen and oxygen atoms in total. The molecule has 1 aliphatic carbocycles. The first-order valence-electron chi connectivity index (χ1n) is 11.5. The molecule has 0 aliphatic heterocycles. The highest BCUT2D eigenvalue weighted by Crippen LogP contribution is 2.30. The van der Waals surface area contributed by atoms with Gasteiger partial charge < -0.3 is 5.32 Å². The van der Waals surface area contributed by atoms with Gasteiger partial charge in [0.15, 0.2) is 5.78 Å². The van der Waals surface area contributed by atoms with Crippen LogP contribution in [0.15, 0.2) is 53.2 Å². The number of aryl methyl sites for hydroxylation is 2. The summed E-state index contributed by atoms with van der Waals surface area (Å²) in [7, 11) is 0. The Balaban J connectivity index is 0.000000194. The lowest BCUT2D eigenvalue weighted by molar-refractivity contribution is -0.121. The summed E-state index contributed by atoms with van der Waals surface area (Å²) in [5.41, 5.74) is 3.57. The van der Waals surface area contributed by atoms with Crippen molar-refractivity contribution in [1.29, 1.82) is 0 Å². The van der Waals surface area contributed by atoms with Gasteiger partial charge in [-0.1, -0.05) is 37.3 Å². The van der Waals surface area contributed by atoms with Gasteiger partial charge in [0, 0.05) is 24.1 Å². The van der Waals surface area contributed by atoms with Crippen molar-refractivity contribution in [3.8, 4) is 0 Å². The fourth-order valence-corrected chi connectivity index (χ4v) is 5.63. The Morgan fingerprint density at radius 1 is 1.03 bits per heavy atom. The summed E-state index contributed by atoms with van der Waals surface area (Å²) < 4.78 is 0. The molecule has 0 spiro atoms. The highest BCUT2D eigenvalue weighted by atomic mass is 32.1. The third kappa shape index (κ3) is 7.47. The van der Waals surface area contributed by atoms with E-state index in [0.29, 0.717) is 19.3 Å². The molecule has 1 aromatic carbocycles. The number of benzene rings is 1. The van der Waals surface area contributed by atoms with Crippen LogP contribution in [-0.2, 0) is 28.9 Å². The van der Waals surface area contributed by atoms with Crippen LogP contribution in [0.5, 0.6) is 0 Å². The van der Waals surface area contributed by atoms with Crippen molar-refractivity contribution in [3.05, 3.63) is 79.7 Å². The van der Waals surface area contributed by atoms with Crippen molar-refractivity contribution in [3.63, 3.8) is 0 Å². The molecule has 6 heteroatoms. The predicted molar refractivity (Wildman–Crippen MR) is 136 cm³/mol. The number of ketones is 2. The van der Waals surface area contributed by atoms with E-state index in [0.717, 1.165) is 36.1 Å². The van der Waals surface area contributed by atoms with E-state index in [1.807, 2.05) is 30.5 Å². The van der Waals surface area contributed by atoms with Crippen LogP contribution in [0.3, 0.4) is 0 Å². The highest BCUT2D eigenvalue weighted by molar-refractivity contribution is 7.12. The Morgan fingerprint density at radius 2 is 1.85 bits per heavy atom. The average molecular weight is 482 g/mol. The first kappa shape index (κ1) is 25.1. The second-order valence-corrected chi connectivity index (χ2v) is 10.2. The van der Waals surface area contributed by atoms with Gasteiger partial charge in [0.25, 0.3) is 0 Å². The van der Waals surface area contributed by atoms with Gasteiger partial charge in [-0.25, -0.2) is 0 Å². The molecule has 1 N–H and O–H groups in total. The molecule has 0 fully saturated rings. The maximum Gasteiger partial charge on any atom is 0.220 e. The highest BCUT2D eigenvalue weighted by Gasteiger charge is 2.22. The summed E-state index contributed by atoms with van der Waals surface area (Å²) in [5.74, 6) is 0.417. The van der Waals surface area contributed by atoms with E-state index in [1.165, 1.54) is 27.3 Å². The van der Waals surface area contributed by atoms with Gasteiger partial charge in [-0.05, 0) is 72.2 Å². The Kier molecular flexibility index (Phi) is 9.58. The van der Waals surface area contributed by atoms with Gasteiger partial charge in [-0.2, -0.15) is 0 Å². The molecule has 3 aromatic rings. The summed E-state index contributed by atoms with van der Waals surface area (Å²) in [4.78, 5) is 36.6. The quantitative estimate of drug-likeness (QED) is 0.362. The minimum absolute atomic E-state index is 0.103. The number of hydrogen-bond donors (Lipinski definition) is 1. The normalized spacial score (nSPS) is 14.2. The van der Waals surface area contributed by atoms with E-state index < -0.39 is 0 Å². The molecule has 1 unspecified atom stereocenters. The monoisotopic (exact) mass is 481 g/mol. The molecule has 174 valence electrons. The van der Waals surface area contributed by atoms with Crippen molar-refractivity contribution in [2.45, 2.75) is 64.8 Å². The van der Waals surface area contributed by atoms with E-state index in [-0.39, 0.29) is 23.5 Å². The second-order valence-electron chi connectivity index (χ2n) is 8.22. The number of Topliss-reactive ketones (excluding diaryl/α,β-unsaturated/α-hetero) is 2. The van der Waals surface area contributed by atoms with Crippen molar-refractivity contribution >= 4 is 40.1 Å². The van der Waals surface area contributed by atoms with Gasteiger partial charge in [0.2, 0.25) is 5.91 Å². The lowest BCUT2D eigenvalue weighted by Crippen LogP contribution is -2.26. The van der Waals surface area contributed by atoms with Gasteiger partial charge in [-0.3, -0.25) is 14.4 Å². The minimum Gasteiger partial charge on any atom is -0.349 e. The zero-order valence-electron chi connectivity index (χ0n) is 19.3. The van der Waals surface area contributed by atoms with Crippen LogP contribution in [0, 0.1) is 0 Å². The van der Waals surface area contributed by atoms with Crippen LogP contribution in [-0.4, -0.2) is 17.5 Å². The molecule has 4 rings (SSSR count). The predicted octanol–water partition coefficient (Wildman–Crippen LogP) is 6.35. The number of carbonyl (C=O) groups excluding carboxylic acids is 3. The summed E-state index contributed by atoms with van der Waals surface area (Å²) >= 11 is 3.18. The number of amides is 1. The minimum atomic E-state index is 0.103. The number of carbonyl (C=O) groups is 3. The second kappa shape index (κ2) is 12.6. The number of nitrogens with one attached hydrogen (secondary N) is 1. The van der Waals surface area contributed by atoms with Crippen LogP contribution in [0.4, 0.5) is 0 Å². The molecule has 2 aromatic heterocycles. The standard InChI is InChI=1S/C15H16O2S2.C12H15NO/c1-11(16)10-12-7-9-19-15(12)14(17)6-2-4-13-5-3-8-18-13;1-2-12(14)13-11-8-7-9-5-3-4-6-10(9)11/h3,5,7-9H,2,4,6,10H2,1H3;3-6,11H,2,7-8H2,1H3,(H,13,14). The molecule has 0 saturated carbocycles. The zero-order valence-corrected chi connectivity index (χ0v) is 20.9. The van der Waals surface area contributed by atoms with Gasteiger partial charge in [0.1, 0.15) is 5.78 Å². The first-order chi connectivity index (χ1) is 16.0. The van der Waals surface area contributed by atoms with E-state index in [9.17, 15) is 14.4 Å². The smallest absolute Gasteiger partial charge is 0.220 e. The summed E-state index contributed by atoms with van der Waals surface area (Å²) in [5, 5.41) is 7.00.